The predicted molar refractivity (Wildman–Crippen MR) is 55.6 cm³/mol. The van der Waals surface area contributed by atoms with Crippen molar-refractivity contribution < 1.29 is 14.3 Å². The van der Waals surface area contributed by atoms with Crippen LogP contribution in [0.15, 0.2) is 22.8 Å². The molecule has 84 valence electrons. The Morgan fingerprint density at radius 2 is 2.44 bits per heavy atom. The second-order valence-electron chi connectivity index (χ2n) is 3.39. The number of H-pyrrole nitrogens is 1. The van der Waals surface area contributed by atoms with Crippen LogP contribution >= 0.6 is 0 Å². The van der Waals surface area contributed by atoms with E-state index in [0.717, 1.165) is 5.69 Å². The van der Waals surface area contributed by atoms with E-state index in [1.165, 1.54) is 6.26 Å². The molecule has 6 nitrogen and oxygen atoms in total. The van der Waals surface area contributed by atoms with E-state index < -0.39 is 12.0 Å². The number of aliphatic carboxylic acids is 1. The topological polar surface area (TPSA) is 105 Å². The number of carboxylic acid groups (broad SMARTS) is 1. The molecule has 4 N–H and O–H groups in total. The van der Waals surface area contributed by atoms with E-state index in [2.05, 4.69) is 9.97 Å². The molecular weight excluding hydrogens is 210 g/mol. The van der Waals surface area contributed by atoms with Gasteiger partial charge in [0.05, 0.1) is 6.26 Å². The number of hydrogen-bond acceptors (Lipinski definition) is 4. The van der Waals surface area contributed by atoms with E-state index in [1.54, 1.807) is 19.1 Å². The monoisotopic (exact) mass is 221 g/mol. The standard InChI is InChI=1S/C10H11N3O3/c1-5-8(6-3-2-4-16-6)13-9(12-5)7(11)10(14)15/h2-4,7H,11H2,1H3,(H,12,13)(H,14,15). The summed E-state index contributed by atoms with van der Waals surface area (Å²) >= 11 is 0. The van der Waals surface area contributed by atoms with Crippen LogP contribution in [-0.2, 0) is 4.79 Å². The van der Waals surface area contributed by atoms with E-state index in [1.807, 2.05) is 0 Å². The van der Waals surface area contributed by atoms with Crippen LogP contribution in [0.1, 0.15) is 17.6 Å². The second kappa shape index (κ2) is 3.82. The molecule has 0 saturated carbocycles. The molecule has 0 amide bonds. The number of carbonyl (C=O) groups is 1. The van der Waals surface area contributed by atoms with Crippen molar-refractivity contribution in [2.45, 2.75) is 13.0 Å². The Labute approximate surface area is 91.1 Å². The van der Waals surface area contributed by atoms with Crippen LogP contribution in [0, 0.1) is 6.92 Å². The quantitative estimate of drug-likeness (QED) is 0.718. The predicted octanol–water partition coefficient (Wildman–Crippen LogP) is 1.06. The summed E-state index contributed by atoms with van der Waals surface area (Å²) in [6.07, 6.45) is 1.53. The molecule has 0 aromatic carbocycles. The Balaban J connectivity index is 2.40. The number of aryl methyl sites for hydroxylation is 1. The molecule has 2 heterocycles. The average Bonchev–Trinajstić information content (AvgIpc) is 2.84. The third kappa shape index (κ3) is 1.70. The summed E-state index contributed by atoms with van der Waals surface area (Å²) in [5.74, 6) is -0.325. The highest BCUT2D eigenvalue weighted by molar-refractivity contribution is 5.74. The SMILES string of the molecule is Cc1[nH]c(C(N)C(=O)O)nc1-c1ccco1. The molecular formula is C10H11N3O3. The number of hydrogen-bond donors (Lipinski definition) is 3. The van der Waals surface area contributed by atoms with Crippen molar-refractivity contribution in [3.8, 4) is 11.5 Å². The lowest BCUT2D eigenvalue weighted by atomic mass is 10.3. The van der Waals surface area contributed by atoms with Crippen molar-refractivity contribution >= 4 is 5.97 Å². The first-order valence-electron chi connectivity index (χ1n) is 4.68. The zero-order valence-corrected chi connectivity index (χ0v) is 8.60. The Hall–Kier alpha value is -2.08. The van der Waals surface area contributed by atoms with Gasteiger partial charge in [0.1, 0.15) is 11.5 Å². The number of aromatic amines is 1. The Bertz CT molecular complexity index is 501. The number of aromatic nitrogens is 2. The van der Waals surface area contributed by atoms with Gasteiger partial charge in [-0.2, -0.15) is 0 Å². The van der Waals surface area contributed by atoms with Crippen molar-refractivity contribution in [1.82, 2.24) is 9.97 Å². The van der Waals surface area contributed by atoms with Gasteiger partial charge in [-0.1, -0.05) is 0 Å². The fourth-order valence-electron chi connectivity index (χ4n) is 1.40. The summed E-state index contributed by atoms with van der Waals surface area (Å²) in [7, 11) is 0. The molecule has 2 aromatic rings. The number of nitrogens with one attached hydrogen (secondary N) is 1. The number of nitrogens with zero attached hydrogens (tertiary/aromatic N) is 1. The maximum Gasteiger partial charge on any atom is 0.328 e. The van der Waals surface area contributed by atoms with Crippen LogP contribution in [0.25, 0.3) is 11.5 Å². The van der Waals surface area contributed by atoms with Gasteiger partial charge in [0.15, 0.2) is 11.8 Å². The van der Waals surface area contributed by atoms with Gasteiger partial charge >= 0.3 is 5.97 Å². The lowest BCUT2D eigenvalue weighted by molar-refractivity contribution is -0.138. The largest absolute Gasteiger partial charge is 0.480 e. The molecule has 16 heavy (non-hydrogen) atoms. The maximum absolute atomic E-state index is 10.7. The van der Waals surface area contributed by atoms with E-state index in [4.69, 9.17) is 15.3 Å². The van der Waals surface area contributed by atoms with Crippen molar-refractivity contribution in [3.05, 3.63) is 29.9 Å². The van der Waals surface area contributed by atoms with Crippen molar-refractivity contribution in [2.24, 2.45) is 5.73 Å². The van der Waals surface area contributed by atoms with Crippen molar-refractivity contribution in [2.75, 3.05) is 0 Å². The third-order valence-corrected chi connectivity index (χ3v) is 2.22. The van der Waals surface area contributed by atoms with E-state index in [9.17, 15) is 4.79 Å². The summed E-state index contributed by atoms with van der Waals surface area (Å²) in [6.45, 7) is 1.78. The summed E-state index contributed by atoms with van der Waals surface area (Å²) < 4.78 is 5.18. The first-order chi connectivity index (χ1) is 7.59. The molecule has 0 spiro atoms. The average molecular weight is 221 g/mol. The molecule has 6 heteroatoms. The van der Waals surface area contributed by atoms with Crippen molar-refractivity contribution in [1.29, 1.82) is 0 Å². The van der Waals surface area contributed by atoms with Crippen molar-refractivity contribution in [3.63, 3.8) is 0 Å². The van der Waals surface area contributed by atoms with Gasteiger partial charge in [-0.25, -0.2) is 4.98 Å². The zero-order valence-electron chi connectivity index (χ0n) is 8.60. The minimum Gasteiger partial charge on any atom is -0.480 e. The second-order valence-corrected chi connectivity index (χ2v) is 3.39. The van der Waals surface area contributed by atoms with Crippen LogP contribution in [0.4, 0.5) is 0 Å². The molecule has 0 aliphatic heterocycles. The highest BCUT2D eigenvalue weighted by Gasteiger charge is 2.20. The molecule has 1 atom stereocenters. The summed E-state index contributed by atoms with van der Waals surface area (Å²) in [6, 6.07) is 2.34. The summed E-state index contributed by atoms with van der Waals surface area (Å²) in [4.78, 5) is 17.7. The molecule has 2 aromatic heterocycles. The smallest absolute Gasteiger partial charge is 0.328 e. The first-order valence-corrected chi connectivity index (χ1v) is 4.68. The zero-order chi connectivity index (χ0) is 11.7. The Morgan fingerprint density at radius 1 is 1.69 bits per heavy atom. The Kier molecular flexibility index (Phi) is 2.49. The van der Waals surface area contributed by atoms with E-state index in [0.29, 0.717) is 11.5 Å². The van der Waals surface area contributed by atoms with Gasteiger partial charge < -0.3 is 20.2 Å². The molecule has 0 radical (unpaired) electrons. The molecule has 1 unspecified atom stereocenters. The van der Waals surface area contributed by atoms with Gasteiger partial charge in [0.2, 0.25) is 0 Å². The molecule has 2 rings (SSSR count). The van der Waals surface area contributed by atoms with Crippen LogP contribution in [0.3, 0.4) is 0 Å². The molecule has 0 aliphatic rings. The van der Waals surface area contributed by atoms with Crippen LogP contribution in [-0.4, -0.2) is 21.0 Å². The minimum absolute atomic E-state index is 0.219. The third-order valence-electron chi connectivity index (χ3n) is 2.22. The molecule has 0 aliphatic carbocycles. The number of imidazole rings is 1. The fourth-order valence-corrected chi connectivity index (χ4v) is 1.40. The highest BCUT2D eigenvalue weighted by Crippen LogP contribution is 2.22. The van der Waals surface area contributed by atoms with Crippen LogP contribution < -0.4 is 5.73 Å². The highest BCUT2D eigenvalue weighted by atomic mass is 16.4. The molecule has 0 fully saturated rings. The number of carboxylic acids is 1. The lowest BCUT2D eigenvalue weighted by Gasteiger charge is -2.00. The number of furan rings is 1. The maximum atomic E-state index is 10.7. The lowest BCUT2D eigenvalue weighted by Crippen LogP contribution is -2.21. The molecule has 0 saturated heterocycles. The van der Waals surface area contributed by atoms with Gasteiger partial charge in [-0.05, 0) is 19.1 Å². The minimum atomic E-state index is -1.15. The van der Waals surface area contributed by atoms with Crippen LogP contribution in [0.5, 0.6) is 0 Å². The van der Waals surface area contributed by atoms with E-state index in [-0.39, 0.29) is 5.82 Å². The number of rotatable bonds is 3. The van der Waals surface area contributed by atoms with E-state index >= 15 is 0 Å². The summed E-state index contributed by atoms with van der Waals surface area (Å²) in [5, 5.41) is 8.76. The Morgan fingerprint density at radius 3 is 3.00 bits per heavy atom. The normalized spacial score (nSPS) is 12.6. The van der Waals surface area contributed by atoms with Gasteiger partial charge in [-0.3, -0.25) is 4.79 Å². The summed E-state index contributed by atoms with van der Waals surface area (Å²) in [5.41, 5.74) is 6.75. The molecule has 0 bridgehead atoms. The fraction of sp³-hybridized carbons (Fsp3) is 0.200. The van der Waals surface area contributed by atoms with Gasteiger partial charge in [0, 0.05) is 5.69 Å². The van der Waals surface area contributed by atoms with Gasteiger partial charge in [0.25, 0.3) is 0 Å². The first kappa shape index (κ1) is 10.4. The van der Waals surface area contributed by atoms with Gasteiger partial charge in [-0.15, -0.1) is 0 Å². The van der Waals surface area contributed by atoms with Crippen LogP contribution in [0.2, 0.25) is 0 Å². The number of nitrogens with two attached hydrogens (primary N) is 1.